The van der Waals surface area contributed by atoms with E-state index >= 15 is 0 Å². The molecule has 36 heavy (non-hydrogen) atoms. The molecule has 0 radical (unpaired) electrons. The number of cyclic esters (lactones) is 1. The number of alkyl carbamates (subject to hydrolysis) is 1. The van der Waals surface area contributed by atoms with Crippen molar-refractivity contribution in [2.45, 2.75) is 51.0 Å². The fourth-order valence-electron chi connectivity index (χ4n) is 4.76. The summed E-state index contributed by atoms with van der Waals surface area (Å²) >= 11 is 0. The van der Waals surface area contributed by atoms with Gasteiger partial charge in [-0.2, -0.15) is 0 Å². The van der Waals surface area contributed by atoms with Crippen LogP contribution < -0.4 is 15.7 Å². The molecule has 3 aromatic carbocycles. The van der Waals surface area contributed by atoms with Gasteiger partial charge >= 0.3 is 12.1 Å². The summed E-state index contributed by atoms with van der Waals surface area (Å²) in [6.45, 7) is 6.98. The number of carbonyl (C=O) groups excluding carboxylic acids is 2. The topological polar surface area (TPSA) is 73.9 Å². The van der Waals surface area contributed by atoms with E-state index < -0.39 is 32.5 Å². The number of amides is 1. The van der Waals surface area contributed by atoms with Crippen molar-refractivity contribution in [2.75, 3.05) is 6.61 Å². The zero-order valence-corrected chi connectivity index (χ0v) is 22.0. The molecule has 1 aliphatic rings. The average molecular weight is 504 g/mol. The lowest BCUT2D eigenvalue weighted by Gasteiger charge is -2.43. The lowest BCUT2D eigenvalue weighted by atomic mass is 10.2. The van der Waals surface area contributed by atoms with Crippen LogP contribution in [0.2, 0.25) is 5.04 Å². The fraction of sp³-hybridized carbons (Fsp3) is 0.310. The Morgan fingerprint density at radius 3 is 1.97 bits per heavy atom. The zero-order chi connectivity index (χ0) is 25.6. The molecule has 0 aliphatic carbocycles. The van der Waals surface area contributed by atoms with Gasteiger partial charge in [0, 0.05) is 6.42 Å². The summed E-state index contributed by atoms with van der Waals surface area (Å²) in [5, 5.41) is 4.78. The summed E-state index contributed by atoms with van der Waals surface area (Å²) in [4.78, 5) is 24.8. The van der Waals surface area contributed by atoms with Gasteiger partial charge in [0.2, 0.25) is 0 Å². The minimum atomic E-state index is -2.75. The van der Waals surface area contributed by atoms with Gasteiger partial charge in [-0.05, 0) is 21.0 Å². The van der Waals surface area contributed by atoms with Crippen LogP contribution in [-0.2, 0) is 25.3 Å². The third kappa shape index (κ3) is 5.69. The first kappa shape index (κ1) is 25.7. The molecule has 0 aromatic heterocycles. The Kier molecular flexibility index (Phi) is 7.91. The summed E-state index contributed by atoms with van der Waals surface area (Å²) in [7, 11) is -2.75. The second kappa shape index (κ2) is 11.1. The highest BCUT2D eigenvalue weighted by Gasteiger charge is 2.51. The standard InChI is InChI=1S/C29H33NO5Si/c1-29(2,3)36(24-15-9-5-10-16-24,25-17-11-6-12-18-25)34-21-23-19-26(27(31)35-23)30-28(32)33-20-22-13-7-4-8-14-22/h4-18,23,26H,19-21H2,1-3H3,(H,30,32)/t23-,26-/m0/s1. The van der Waals surface area contributed by atoms with Gasteiger partial charge in [0.1, 0.15) is 18.8 Å². The zero-order valence-electron chi connectivity index (χ0n) is 21.0. The molecule has 0 unspecified atom stereocenters. The van der Waals surface area contributed by atoms with Crippen LogP contribution in [0.3, 0.4) is 0 Å². The number of esters is 1. The van der Waals surface area contributed by atoms with E-state index in [0.717, 1.165) is 15.9 Å². The maximum Gasteiger partial charge on any atom is 0.408 e. The predicted octanol–water partition coefficient (Wildman–Crippen LogP) is 4.17. The number of nitrogens with one attached hydrogen (secondary N) is 1. The summed E-state index contributed by atoms with van der Waals surface area (Å²) < 4.78 is 17.7. The van der Waals surface area contributed by atoms with Crippen LogP contribution in [0.5, 0.6) is 0 Å². The van der Waals surface area contributed by atoms with E-state index in [-0.39, 0.29) is 18.3 Å². The van der Waals surface area contributed by atoms with Crippen molar-refractivity contribution in [3.8, 4) is 0 Å². The van der Waals surface area contributed by atoms with Crippen molar-refractivity contribution in [1.29, 1.82) is 0 Å². The second-order valence-corrected chi connectivity index (χ2v) is 14.3. The van der Waals surface area contributed by atoms with Gasteiger partial charge in [0.05, 0.1) is 6.61 Å². The van der Waals surface area contributed by atoms with E-state index in [0.29, 0.717) is 6.42 Å². The van der Waals surface area contributed by atoms with Crippen molar-refractivity contribution in [1.82, 2.24) is 5.32 Å². The van der Waals surface area contributed by atoms with Gasteiger partial charge in [0.15, 0.2) is 0 Å². The van der Waals surface area contributed by atoms with Crippen LogP contribution in [0, 0.1) is 0 Å². The normalized spacial score (nSPS) is 17.9. The van der Waals surface area contributed by atoms with Crippen LogP contribution in [0.4, 0.5) is 4.79 Å². The number of hydrogen-bond donors (Lipinski definition) is 1. The van der Waals surface area contributed by atoms with Crippen LogP contribution >= 0.6 is 0 Å². The lowest BCUT2D eigenvalue weighted by molar-refractivity contribution is -0.143. The van der Waals surface area contributed by atoms with Gasteiger partial charge in [0.25, 0.3) is 8.32 Å². The van der Waals surface area contributed by atoms with E-state index in [1.165, 1.54) is 0 Å². The Morgan fingerprint density at radius 1 is 0.917 bits per heavy atom. The van der Waals surface area contributed by atoms with E-state index in [4.69, 9.17) is 13.9 Å². The Balaban J connectivity index is 1.45. The lowest BCUT2D eigenvalue weighted by Crippen LogP contribution is -2.67. The number of benzene rings is 3. The van der Waals surface area contributed by atoms with E-state index in [1.54, 1.807) is 0 Å². The first-order valence-electron chi connectivity index (χ1n) is 12.2. The SMILES string of the molecule is CC(C)(C)[Si](OC[C@@H]1C[C@H](NC(=O)OCc2ccccc2)C(=O)O1)(c1ccccc1)c1ccccc1. The summed E-state index contributed by atoms with van der Waals surface area (Å²) in [6, 6.07) is 29.3. The Bertz CT molecular complexity index is 1110. The molecule has 1 aliphatic heterocycles. The predicted molar refractivity (Wildman–Crippen MR) is 142 cm³/mol. The molecule has 3 aromatic rings. The molecule has 7 heteroatoms. The number of carbonyl (C=O) groups is 2. The van der Waals surface area contributed by atoms with E-state index in [1.807, 2.05) is 66.7 Å². The smallest absolute Gasteiger partial charge is 0.408 e. The van der Waals surface area contributed by atoms with Crippen LogP contribution in [0.15, 0.2) is 91.0 Å². The van der Waals surface area contributed by atoms with Gasteiger partial charge in [-0.3, -0.25) is 0 Å². The molecule has 0 spiro atoms. The number of hydrogen-bond acceptors (Lipinski definition) is 5. The van der Waals surface area contributed by atoms with Crippen molar-refractivity contribution < 1.29 is 23.5 Å². The van der Waals surface area contributed by atoms with Crippen LogP contribution in [-0.4, -0.2) is 39.1 Å². The molecule has 1 saturated heterocycles. The Hall–Kier alpha value is -3.42. The van der Waals surface area contributed by atoms with E-state index in [9.17, 15) is 9.59 Å². The third-order valence-electron chi connectivity index (χ3n) is 6.47. The minimum absolute atomic E-state index is 0.134. The second-order valence-electron chi connectivity index (χ2n) is 10.0. The van der Waals surface area contributed by atoms with Crippen molar-refractivity contribution in [3.05, 3.63) is 96.6 Å². The van der Waals surface area contributed by atoms with Crippen molar-refractivity contribution >= 4 is 30.8 Å². The molecule has 1 heterocycles. The molecule has 2 atom stereocenters. The summed E-state index contributed by atoms with van der Waals surface area (Å²) in [6.07, 6.45) is -0.773. The highest BCUT2D eigenvalue weighted by molar-refractivity contribution is 6.99. The van der Waals surface area contributed by atoms with Crippen molar-refractivity contribution in [2.24, 2.45) is 0 Å². The summed E-state index contributed by atoms with van der Waals surface area (Å²) in [5.74, 6) is -0.470. The molecule has 1 amide bonds. The number of ether oxygens (including phenoxy) is 2. The maximum atomic E-state index is 12.5. The molecule has 1 N–H and O–H groups in total. The molecule has 6 nitrogen and oxygen atoms in total. The Labute approximate surface area is 213 Å². The fourth-order valence-corrected chi connectivity index (χ4v) is 9.35. The number of rotatable bonds is 8. The van der Waals surface area contributed by atoms with Gasteiger partial charge < -0.3 is 19.2 Å². The minimum Gasteiger partial charge on any atom is -0.458 e. The monoisotopic (exact) mass is 503 g/mol. The first-order valence-corrected chi connectivity index (χ1v) is 14.1. The quantitative estimate of drug-likeness (QED) is 0.369. The highest BCUT2D eigenvalue weighted by Crippen LogP contribution is 2.37. The van der Waals surface area contributed by atoms with Crippen molar-refractivity contribution in [3.63, 3.8) is 0 Å². The molecule has 188 valence electrons. The summed E-state index contributed by atoms with van der Waals surface area (Å²) in [5.41, 5.74) is 0.873. The van der Waals surface area contributed by atoms with Gasteiger partial charge in [-0.25, -0.2) is 9.59 Å². The first-order chi connectivity index (χ1) is 17.3. The molecule has 1 fully saturated rings. The molecule has 0 saturated carbocycles. The van der Waals surface area contributed by atoms with Crippen LogP contribution in [0.1, 0.15) is 32.8 Å². The highest BCUT2D eigenvalue weighted by atomic mass is 28.4. The third-order valence-corrected chi connectivity index (χ3v) is 11.5. The Morgan fingerprint density at radius 2 is 1.44 bits per heavy atom. The molecular formula is C29H33NO5Si. The molecule has 4 rings (SSSR count). The van der Waals surface area contributed by atoms with Gasteiger partial charge in [-0.1, -0.05) is 112 Å². The largest absolute Gasteiger partial charge is 0.458 e. The maximum absolute atomic E-state index is 12.5. The molecule has 0 bridgehead atoms. The average Bonchev–Trinajstić information content (AvgIpc) is 3.23. The van der Waals surface area contributed by atoms with Crippen LogP contribution in [0.25, 0.3) is 0 Å². The van der Waals surface area contributed by atoms with Gasteiger partial charge in [-0.15, -0.1) is 0 Å². The molecular weight excluding hydrogens is 470 g/mol. The van der Waals surface area contributed by atoms with E-state index in [2.05, 4.69) is 50.4 Å².